The molecule has 0 N–H and O–H groups in total. The van der Waals surface area contributed by atoms with Crippen molar-refractivity contribution in [3.63, 3.8) is 0 Å². The topological polar surface area (TPSA) is 35.5 Å². The summed E-state index contributed by atoms with van der Waals surface area (Å²) in [7, 11) is 0. The van der Waals surface area contributed by atoms with Crippen LogP contribution in [-0.2, 0) is 14.3 Å². The van der Waals surface area contributed by atoms with Crippen molar-refractivity contribution in [2.45, 2.75) is 11.9 Å². The summed E-state index contributed by atoms with van der Waals surface area (Å²) in [6, 6.07) is 8.07. The van der Waals surface area contributed by atoms with Crippen LogP contribution in [-0.4, -0.2) is 18.2 Å². The fraction of sp³-hybridized carbons (Fsp3) is 0.214. The number of hydrogen-bond donors (Lipinski definition) is 0. The van der Waals surface area contributed by atoms with E-state index < -0.39 is 5.79 Å². The number of carbonyl (C=O) groups excluding carboxylic acids is 1. The highest BCUT2D eigenvalue weighted by Crippen LogP contribution is 2.38. The molecule has 0 saturated carbocycles. The van der Waals surface area contributed by atoms with Gasteiger partial charge in [-0.25, -0.2) is 0 Å². The molecular formula is C14H10ClIO3. The molecule has 1 heterocycles. The second-order valence-corrected chi connectivity index (χ2v) is 6.03. The molecule has 2 atom stereocenters. The summed E-state index contributed by atoms with van der Waals surface area (Å²) in [6.07, 6.45) is 4.35. The Morgan fingerprint density at radius 3 is 2.74 bits per heavy atom. The van der Waals surface area contributed by atoms with Crippen LogP contribution in [0.3, 0.4) is 0 Å². The largest absolute Gasteiger partial charge is 0.340 e. The Labute approximate surface area is 129 Å². The van der Waals surface area contributed by atoms with Crippen LogP contribution in [0.4, 0.5) is 0 Å². The molecule has 0 aromatic heterocycles. The number of ether oxygens (including phenoxy) is 2. The van der Waals surface area contributed by atoms with Crippen molar-refractivity contribution in [3.05, 3.63) is 56.7 Å². The Balaban J connectivity index is 1.83. The fourth-order valence-corrected chi connectivity index (χ4v) is 2.64. The zero-order valence-electron chi connectivity index (χ0n) is 9.81. The van der Waals surface area contributed by atoms with Crippen molar-refractivity contribution >= 4 is 40.0 Å². The molecule has 3 rings (SSSR count). The van der Waals surface area contributed by atoms with E-state index in [1.807, 2.05) is 24.3 Å². The van der Waals surface area contributed by atoms with Gasteiger partial charge in [-0.15, -0.1) is 0 Å². The Hall–Kier alpha value is -0.690. The summed E-state index contributed by atoms with van der Waals surface area (Å²) in [5, 5.41) is 0.130. The van der Waals surface area contributed by atoms with E-state index in [2.05, 4.69) is 22.6 Å². The van der Waals surface area contributed by atoms with Crippen LogP contribution in [0.15, 0.2) is 47.5 Å². The van der Waals surface area contributed by atoms with Crippen molar-refractivity contribution in [2.24, 2.45) is 0 Å². The highest BCUT2D eigenvalue weighted by Gasteiger charge is 2.40. The van der Waals surface area contributed by atoms with Gasteiger partial charge in [0.1, 0.15) is 6.10 Å². The van der Waals surface area contributed by atoms with E-state index in [1.165, 1.54) is 15.7 Å². The molecule has 19 heavy (non-hydrogen) atoms. The number of rotatable bonds is 1. The van der Waals surface area contributed by atoms with Gasteiger partial charge in [0, 0.05) is 9.65 Å². The van der Waals surface area contributed by atoms with Gasteiger partial charge in [-0.2, -0.15) is 0 Å². The average Bonchev–Trinajstić information content (AvgIpc) is 2.80. The van der Waals surface area contributed by atoms with E-state index >= 15 is 0 Å². The molecule has 0 radical (unpaired) electrons. The lowest BCUT2D eigenvalue weighted by Crippen LogP contribution is -2.28. The highest BCUT2D eigenvalue weighted by molar-refractivity contribution is 14.1. The van der Waals surface area contributed by atoms with Gasteiger partial charge in [0.15, 0.2) is 5.78 Å². The number of hydrogen-bond acceptors (Lipinski definition) is 3. The van der Waals surface area contributed by atoms with E-state index in [0.29, 0.717) is 6.61 Å². The van der Waals surface area contributed by atoms with Gasteiger partial charge in [0.05, 0.1) is 11.6 Å². The maximum atomic E-state index is 11.3. The number of benzene rings is 1. The molecule has 1 aliphatic carbocycles. The minimum Gasteiger partial charge on any atom is -0.340 e. The summed E-state index contributed by atoms with van der Waals surface area (Å²) in [6.45, 7) is 0.430. The van der Waals surface area contributed by atoms with Gasteiger partial charge in [-0.3, -0.25) is 4.79 Å². The van der Waals surface area contributed by atoms with E-state index in [9.17, 15) is 4.79 Å². The fourth-order valence-electron chi connectivity index (χ4n) is 2.07. The molecule has 5 heteroatoms. The predicted molar refractivity (Wildman–Crippen MR) is 79.8 cm³/mol. The SMILES string of the molecule is O=C1C=C[C@]2(C=C1Cl)OC[C@@H](c1ccc(I)cc1)O2. The number of allylic oxidation sites excluding steroid dienone is 2. The average molecular weight is 389 g/mol. The van der Waals surface area contributed by atoms with Crippen molar-refractivity contribution < 1.29 is 14.3 Å². The molecule has 3 nitrogen and oxygen atoms in total. The second kappa shape index (κ2) is 5.01. The molecule has 0 amide bonds. The molecule has 2 aliphatic rings. The first-order chi connectivity index (χ1) is 9.08. The van der Waals surface area contributed by atoms with Crippen molar-refractivity contribution in [3.8, 4) is 0 Å². The molecule has 1 aromatic rings. The Kier molecular flexibility index (Phi) is 3.51. The van der Waals surface area contributed by atoms with E-state index in [0.717, 1.165) is 5.56 Å². The molecule has 1 fully saturated rings. The van der Waals surface area contributed by atoms with Gasteiger partial charge in [0.2, 0.25) is 5.79 Å². The molecule has 1 spiro atoms. The lowest BCUT2D eigenvalue weighted by Gasteiger charge is -2.23. The van der Waals surface area contributed by atoms with Crippen LogP contribution < -0.4 is 0 Å². The third-order valence-electron chi connectivity index (χ3n) is 3.06. The maximum Gasteiger partial charge on any atom is 0.211 e. The van der Waals surface area contributed by atoms with Gasteiger partial charge in [-0.05, 0) is 52.4 Å². The van der Waals surface area contributed by atoms with Crippen LogP contribution in [0.5, 0.6) is 0 Å². The van der Waals surface area contributed by atoms with Gasteiger partial charge >= 0.3 is 0 Å². The van der Waals surface area contributed by atoms with Crippen molar-refractivity contribution in [1.82, 2.24) is 0 Å². The number of carbonyl (C=O) groups is 1. The zero-order chi connectivity index (χ0) is 13.5. The first kappa shape index (κ1) is 13.3. The summed E-state index contributed by atoms with van der Waals surface area (Å²) >= 11 is 8.10. The number of halogens is 2. The summed E-state index contributed by atoms with van der Waals surface area (Å²) in [4.78, 5) is 11.3. The summed E-state index contributed by atoms with van der Waals surface area (Å²) < 4.78 is 12.8. The standard InChI is InChI=1S/C14H10ClIO3/c15-11-7-14(6-5-12(11)17)18-8-13(19-14)9-1-3-10(16)4-2-9/h1-7,13H,8H2/t13-,14-/m0/s1. The quantitative estimate of drug-likeness (QED) is 0.692. The lowest BCUT2D eigenvalue weighted by molar-refractivity contribution is -0.114. The van der Waals surface area contributed by atoms with Crippen LogP contribution in [0, 0.1) is 3.57 Å². The van der Waals surface area contributed by atoms with Crippen LogP contribution >= 0.6 is 34.2 Å². The van der Waals surface area contributed by atoms with Crippen molar-refractivity contribution in [2.75, 3.05) is 6.61 Å². The Morgan fingerprint density at radius 2 is 2.05 bits per heavy atom. The molecule has 1 aromatic carbocycles. The molecule has 1 saturated heterocycles. The molecule has 98 valence electrons. The normalized spacial score (nSPS) is 29.9. The summed E-state index contributed by atoms with van der Waals surface area (Å²) in [5.74, 6) is -1.23. The second-order valence-electron chi connectivity index (χ2n) is 4.38. The molecular weight excluding hydrogens is 379 g/mol. The van der Waals surface area contributed by atoms with Gasteiger partial charge in [-0.1, -0.05) is 23.7 Å². The third-order valence-corrected chi connectivity index (χ3v) is 4.07. The van der Waals surface area contributed by atoms with Gasteiger partial charge < -0.3 is 9.47 Å². The minimum atomic E-state index is -1.00. The van der Waals surface area contributed by atoms with Crippen LogP contribution in [0.25, 0.3) is 0 Å². The molecule has 1 aliphatic heterocycles. The monoisotopic (exact) mass is 388 g/mol. The third kappa shape index (κ3) is 2.63. The highest BCUT2D eigenvalue weighted by atomic mass is 127. The molecule has 0 bridgehead atoms. The first-order valence-corrected chi connectivity index (χ1v) is 7.23. The molecule has 0 unspecified atom stereocenters. The lowest BCUT2D eigenvalue weighted by atomic mass is 10.1. The van der Waals surface area contributed by atoms with Crippen LogP contribution in [0.2, 0.25) is 0 Å². The van der Waals surface area contributed by atoms with E-state index in [4.69, 9.17) is 21.1 Å². The van der Waals surface area contributed by atoms with E-state index in [-0.39, 0.29) is 16.9 Å². The van der Waals surface area contributed by atoms with E-state index in [1.54, 1.807) is 6.08 Å². The number of ketones is 1. The predicted octanol–water partition coefficient (Wildman–Crippen LogP) is 3.34. The minimum absolute atomic E-state index is 0.130. The smallest absolute Gasteiger partial charge is 0.211 e. The Morgan fingerprint density at radius 1 is 1.32 bits per heavy atom. The Bertz CT molecular complexity index is 579. The van der Waals surface area contributed by atoms with Gasteiger partial charge in [0.25, 0.3) is 0 Å². The first-order valence-electron chi connectivity index (χ1n) is 5.77. The maximum absolute atomic E-state index is 11.3. The van der Waals surface area contributed by atoms with Crippen molar-refractivity contribution in [1.29, 1.82) is 0 Å². The zero-order valence-corrected chi connectivity index (χ0v) is 12.7. The van der Waals surface area contributed by atoms with Crippen LogP contribution in [0.1, 0.15) is 11.7 Å². The summed E-state index contributed by atoms with van der Waals surface area (Å²) in [5.41, 5.74) is 1.05.